The average molecular weight is 507 g/mol. The lowest BCUT2D eigenvalue weighted by Crippen LogP contribution is -2.11. The van der Waals surface area contributed by atoms with Gasteiger partial charge in [-0.05, 0) is 19.3 Å². The van der Waals surface area contributed by atoms with Gasteiger partial charge in [-0.25, -0.2) is 0 Å². The highest BCUT2D eigenvalue weighted by Gasteiger charge is 2.10. The minimum atomic E-state index is -3.34. The Kier molecular flexibility index (Phi) is 27.3. The van der Waals surface area contributed by atoms with Gasteiger partial charge in [0.05, 0.1) is 19.0 Å². The molecule has 0 rings (SSSR count). The predicted octanol–water partition coefficient (Wildman–Crippen LogP) is 10.1. The number of unbranched alkanes of at least 4 members (excludes halogenated alkanes) is 23. The minimum absolute atomic E-state index is 0.162. The fourth-order valence-corrected chi connectivity index (χ4v) is 5.55. The van der Waals surface area contributed by atoms with Gasteiger partial charge in [-0.1, -0.05) is 148 Å². The molecule has 0 aromatic heterocycles. The maximum absolute atomic E-state index is 12.0. The molecule has 0 aliphatic rings. The Morgan fingerprint density at radius 3 is 1.18 bits per heavy atom. The Hall–Kier alpha value is -0.160. The molecule has 0 radical (unpaired) electrons. The molecule has 0 saturated heterocycles. The third-order valence-electron chi connectivity index (χ3n) is 6.79. The fourth-order valence-electron chi connectivity index (χ4n) is 4.51. The molecule has 3 nitrogen and oxygen atoms in total. The summed E-state index contributed by atoms with van der Waals surface area (Å²) in [6.45, 7) is 2.43. The van der Waals surface area contributed by atoms with Gasteiger partial charge in [0, 0.05) is 0 Å². The van der Waals surface area contributed by atoms with Crippen LogP contribution in [0.4, 0.5) is 4.39 Å². The van der Waals surface area contributed by atoms with Crippen molar-refractivity contribution in [1.29, 1.82) is 0 Å². The highest BCUT2D eigenvalue weighted by Crippen LogP contribution is 2.14. The van der Waals surface area contributed by atoms with Crippen molar-refractivity contribution in [3.05, 3.63) is 0 Å². The number of hydrogen-bond donors (Lipinski definition) is 0. The monoisotopic (exact) mass is 506 g/mol. The van der Waals surface area contributed by atoms with E-state index in [2.05, 4.69) is 6.92 Å². The highest BCUT2D eigenvalue weighted by molar-refractivity contribution is 7.86. The van der Waals surface area contributed by atoms with Gasteiger partial charge in [0.15, 0.2) is 0 Å². The van der Waals surface area contributed by atoms with Crippen LogP contribution in [0.3, 0.4) is 0 Å². The second-order valence-corrected chi connectivity index (χ2v) is 12.0. The zero-order chi connectivity index (χ0) is 25.0. The Labute approximate surface area is 213 Å². The molecule has 0 aliphatic heterocycles. The van der Waals surface area contributed by atoms with Gasteiger partial charge < -0.3 is 0 Å². The molecule has 0 unspecified atom stereocenters. The summed E-state index contributed by atoms with van der Waals surface area (Å²) in [6.07, 6.45) is 30.0. The van der Waals surface area contributed by atoms with Crippen molar-refractivity contribution < 1.29 is 17.0 Å². The number of alkyl halides is 1. The van der Waals surface area contributed by atoms with Crippen LogP contribution < -0.4 is 0 Å². The zero-order valence-electron chi connectivity index (χ0n) is 22.8. The van der Waals surface area contributed by atoms with Crippen LogP contribution in [0.15, 0.2) is 0 Å². The molecule has 0 heterocycles. The summed E-state index contributed by atoms with van der Waals surface area (Å²) in [5, 5.41) is 0. The van der Waals surface area contributed by atoms with E-state index in [1.165, 1.54) is 109 Å². The van der Waals surface area contributed by atoms with E-state index in [4.69, 9.17) is 4.18 Å². The predicted molar refractivity (Wildman–Crippen MR) is 147 cm³/mol. The first-order valence-electron chi connectivity index (χ1n) is 15.1. The number of halogens is 1. The summed E-state index contributed by atoms with van der Waals surface area (Å²) in [5.41, 5.74) is 0. The first-order valence-corrected chi connectivity index (χ1v) is 16.6. The van der Waals surface area contributed by atoms with E-state index in [0.29, 0.717) is 19.4 Å². The molecule has 0 aromatic carbocycles. The van der Waals surface area contributed by atoms with Gasteiger partial charge in [0.2, 0.25) is 0 Å². The molecule has 0 fully saturated rings. The highest BCUT2D eigenvalue weighted by atomic mass is 32.2. The molecular weight excluding hydrogens is 447 g/mol. The van der Waals surface area contributed by atoms with E-state index in [1.807, 2.05) is 0 Å². The van der Waals surface area contributed by atoms with Crippen molar-refractivity contribution in [2.75, 3.05) is 19.0 Å². The maximum atomic E-state index is 12.0. The van der Waals surface area contributed by atoms with E-state index in [0.717, 1.165) is 38.5 Å². The van der Waals surface area contributed by atoms with Crippen molar-refractivity contribution in [2.45, 2.75) is 167 Å². The summed E-state index contributed by atoms with van der Waals surface area (Å²) >= 11 is 0. The summed E-state index contributed by atoms with van der Waals surface area (Å²) in [5.74, 6) is 0.162. The molecular formula is C29H59FO3S. The standard InChI is InChI=1S/C29H59FO3S/c1-2-3-4-5-6-7-8-9-10-11-13-16-19-22-25-28-33-34(31,32)29-26-23-20-17-14-12-15-18-21-24-27-30/h2-29H2,1H3. The fraction of sp³-hybridized carbons (Fsp3) is 1.00. The second kappa shape index (κ2) is 27.4. The Morgan fingerprint density at radius 2 is 0.794 bits per heavy atom. The van der Waals surface area contributed by atoms with E-state index < -0.39 is 10.1 Å². The van der Waals surface area contributed by atoms with E-state index in [9.17, 15) is 12.8 Å². The van der Waals surface area contributed by atoms with Crippen LogP contribution in [-0.2, 0) is 14.3 Å². The molecule has 0 N–H and O–H groups in total. The van der Waals surface area contributed by atoms with Crippen molar-refractivity contribution >= 4 is 10.1 Å². The summed E-state index contributed by atoms with van der Waals surface area (Å²) in [7, 11) is -3.34. The van der Waals surface area contributed by atoms with Gasteiger partial charge in [-0.15, -0.1) is 0 Å². The van der Waals surface area contributed by atoms with Crippen molar-refractivity contribution in [3.63, 3.8) is 0 Å². The summed E-state index contributed by atoms with van der Waals surface area (Å²) in [4.78, 5) is 0. The normalized spacial score (nSPS) is 11.9. The molecule has 0 amide bonds. The Bertz CT molecular complexity index is 482. The average Bonchev–Trinajstić information content (AvgIpc) is 2.82. The van der Waals surface area contributed by atoms with Gasteiger partial charge in [-0.2, -0.15) is 8.42 Å². The van der Waals surface area contributed by atoms with Crippen molar-refractivity contribution in [2.24, 2.45) is 0 Å². The largest absolute Gasteiger partial charge is 0.270 e. The van der Waals surface area contributed by atoms with Crippen LogP contribution in [0.2, 0.25) is 0 Å². The second-order valence-electron chi connectivity index (χ2n) is 10.3. The molecule has 0 aliphatic carbocycles. The summed E-state index contributed by atoms with van der Waals surface area (Å²) in [6, 6.07) is 0. The van der Waals surface area contributed by atoms with Crippen LogP contribution in [0.5, 0.6) is 0 Å². The summed E-state index contributed by atoms with van der Waals surface area (Å²) < 4.78 is 41.2. The van der Waals surface area contributed by atoms with E-state index >= 15 is 0 Å². The van der Waals surface area contributed by atoms with Crippen LogP contribution >= 0.6 is 0 Å². The SMILES string of the molecule is CCCCCCCCCCCCCCCCCOS(=O)(=O)CCCCCCCCCCCCF. The lowest BCUT2D eigenvalue weighted by Gasteiger charge is -2.06. The minimum Gasteiger partial charge on any atom is -0.270 e. The zero-order valence-corrected chi connectivity index (χ0v) is 23.6. The van der Waals surface area contributed by atoms with Crippen molar-refractivity contribution in [1.82, 2.24) is 0 Å². The van der Waals surface area contributed by atoms with Gasteiger partial charge in [-0.3, -0.25) is 8.57 Å². The van der Waals surface area contributed by atoms with Crippen LogP contribution in [0, 0.1) is 0 Å². The van der Waals surface area contributed by atoms with E-state index in [-0.39, 0.29) is 12.4 Å². The molecule has 206 valence electrons. The lowest BCUT2D eigenvalue weighted by atomic mass is 10.0. The van der Waals surface area contributed by atoms with E-state index in [1.54, 1.807) is 0 Å². The quantitative estimate of drug-likeness (QED) is 0.0748. The molecule has 0 spiro atoms. The van der Waals surface area contributed by atoms with Crippen LogP contribution in [-0.4, -0.2) is 27.5 Å². The first-order chi connectivity index (χ1) is 16.6. The topological polar surface area (TPSA) is 43.4 Å². The van der Waals surface area contributed by atoms with Crippen LogP contribution in [0.1, 0.15) is 167 Å². The third-order valence-corrected chi connectivity index (χ3v) is 8.10. The molecule has 5 heteroatoms. The number of rotatable bonds is 29. The van der Waals surface area contributed by atoms with Crippen LogP contribution in [0.25, 0.3) is 0 Å². The van der Waals surface area contributed by atoms with Gasteiger partial charge >= 0.3 is 0 Å². The molecule has 0 aromatic rings. The lowest BCUT2D eigenvalue weighted by molar-refractivity contribution is 0.305. The smallest absolute Gasteiger partial charge is 0.267 e. The van der Waals surface area contributed by atoms with Gasteiger partial charge in [0.1, 0.15) is 0 Å². The molecule has 0 saturated carbocycles. The Balaban J connectivity index is 3.29. The maximum Gasteiger partial charge on any atom is 0.267 e. The first kappa shape index (κ1) is 33.8. The number of hydrogen-bond acceptors (Lipinski definition) is 3. The van der Waals surface area contributed by atoms with Crippen molar-refractivity contribution in [3.8, 4) is 0 Å². The molecule has 0 bridgehead atoms. The van der Waals surface area contributed by atoms with Gasteiger partial charge in [0.25, 0.3) is 10.1 Å². The molecule has 34 heavy (non-hydrogen) atoms. The third kappa shape index (κ3) is 28.1. The molecule has 0 atom stereocenters. The Morgan fingerprint density at radius 1 is 0.471 bits per heavy atom.